The number of nitrogens with one attached hydrogen (secondary N) is 2. The molecule has 0 saturated carbocycles. The predicted octanol–water partition coefficient (Wildman–Crippen LogP) is 1.93. The normalized spacial score (nSPS) is 15.0. The number of carbonyl (C=O) groups excluding carboxylic acids is 2. The summed E-state index contributed by atoms with van der Waals surface area (Å²) in [6, 6.07) is 0. The van der Waals surface area contributed by atoms with Gasteiger partial charge in [-0.05, 0) is 25.0 Å². The van der Waals surface area contributed by atoms with Crippen LogP contribution in [0.15, 0.2) is 0 Å². The molecule has 11 heteroatoms. The van der Waals surface area contributed by atoms with Crippen LogP contribution in [0, 0.1) is 11.3 Å². The number of carbonyl (C=O) groups is 2. The van der Waals surface area contributed by atoms with E-state index in [0.717, 1.165) is 17.9 Å². The van der Waals surface area contributed by atoms with Crippen LogP contribution in [-0.4, -0.2) is 65.7 Å². The van der Waals surface area contributed by atoms with E-state index < -0.39 is 25.2 Å². The number of aliphatic hydroxyl groups excluding tert-OH is 1. The molecule has 2 amide bonds. The van der Waals surface area contributed by atoms with Crippen molar-refractivity contribution in [3.8, 4) is 0 Å². The summed E-state index contributed by atoms with van der Waals surface area (Å²) in [5.41, 5.74) is -1.13. The van der Waals surface area contributed by atoms with E-state index in [1.54, 1.807) is 18.7 Å². The minimum atomic E-state index is -4.21. The van der Waals surface area contributed by atoms with Gasteiger partial charge in [0.1, 0.15) is 6.10 Å². The largest absolute Gasteiger partial charge is 0.472 e. The van der Waals surface area contributed by atoms with E-state index in [2.05, 4.69) is 29.0 Å². The standard InChI is InChI=1S/C18H37N2O7PS/c1-6-26-28(24,25)27-13-18(4,5)16(22)17(23)20-9-7-15(21)19-10-12-29-11-8-14(2)3/h14,16,22H,6-13H2,1-5H3,(H,19,21)(H,20,23)(H,24,25). The first kappa shape index (κ1) is 28.4. The number of amides is 2. The van der Waals surface area contributed by atoms with E-state index in [0.29, 0.717) is 12.5 Å². The van der Waals surface area contributed by atoms with Gasteiger partial charge in [-0.25, -0.2) is 4.57 Å². The van der Waals surface area contributed by atoms with Crippen molar-refractivity contribution in [3.63, 3.8) is 0 Å². The van der Waals surface area contributed by atoms with Gasteiger partial charge in [-0.15, -0.1) is 0 Å². The predicted molar refractivity (Wildman–Crippen MR) is 115 cm³/mol. The SMILES string of the molecule is CCOP(=O)(O)OCC(C)(C)C(O)C(=O)NCCC(=O)NCCSCCC(C)C. The molecule has 0 bridgehead atoms. The Morgan fingerprint density at radius 3 is 2.38 bits per heavy atom. The topological polar surface area (TPSA) is 134 Å². The summed E-state index contributed by atoms with van der Waals surface area (Å²) >= 11 is 1.79. The van der Waals surface area contributed by atoms with Crippen molar-refractivity contribution in [1.82, 2.24) is 10.6 Å². The maximum atomic E-state index is 12.1. The highest BCUT2D eigenvalue weighted by Gasteiger charge is 2.36. The summed E-state index contributed by atoms with van der Waals surface area (Å²) in [5, 5.41) is 15.5. The number of hydrogen-bond acceptors (Lipinski definition) is 7. The Balaban J connectivity index is 4.10. The van der Waals surface area contributed by atoms with Gasteiger partial charge in [-0.3, -0.25) is 18.6 Å². The lowest BCUT2D eigenvalue weighted by molar-refractivity contribution is -0.137. The Kier molecular flexibility index (Phi) is 14.1. The molecular weight excluding hydrogens is 419 g/mol. The molecule has 0 aromatic heterocycles. The molecule has 172 valence electrons. The van der Waals surface area contributed by atoms with Crippen molar-refractivity contribution < 1.29 is 33.2 Å². The first-order valence-electron chi connectivity index (χ1n) is 9.83. The zero-order valence-electron chi connectivity index (χ0n) is 18.1. The van der Waals surface area contributed by atoms with Crippen LogP contribution in [0.3, 0.4) is 0 Å². The number of rotatable bonds is 16. The molecule has 0 aromatic rings. The zero-order valence-corrected chi connectivity index (χ0v) is 19.8. The van der Waals surface area contributed by atoms with Gasteiger partial charge in [0.25, 0.3) is 0 Å². The number of phosphoric acid groups is 1. The average Bonchev–Trinajstić information content (AvgIpc) is 2.62. The Morgan fingerprint density at radius 1 is 1.14 bits per heavy atom. The van der Waals surface area contributed by atoms with Crippen LogP contribution in [0.4, 0.5) is 0 Å². The third-order valence-electron chi connectivity index (χ3n) is 3.94. The van der Waals surface area contributed by atoms with Gasteiger partial charge in [0.15, 0.2) is 0 Å². The molecule has 0 radical (unpaired) electrons. The van der Waals surface area contributed by atoms with Crippen molar-refractivity contribution >= 4 is 31.4 Å². The highest BCUT2D eigenvalue weighted by atomic mass is 32.2. The van der Waals surface area contributed by atoms with Gasteiger partial charge in [0.2, 0.25) is 11.8 Å². The molecule has 2 unspecified atom stereocenters. The summed E-state index contributed by atoms with van der Waals surface area (Å²) in [6.45, 7) is 9.23. The molecule has 0 aliphatic rings. The van der Waals surface area contributed by atoms with Gasteiger partial charge in [-0.1, -0.05) is 27.7 Å². The fourth-order valence-electron chi connectivity index (χ4n) is 2.05. The molecule has 0 aromatic carbocycles. The van der Waals surface area contributed by atoms with E-state index in [-0.39, 0.29) is 32.1 Å². The molecule has 0 saturated heterocycles. The molecule has 0 aliphatic carbocycles. The summed E-state index contributed by atoms with van der Waals surface area (Å²) in [4.78, 5) is 33.3. The Hall–Kier alpha value is -0.640. The molecule has 0 fully saturated rings. The zero-order chi connectivity index (χ0) is 22.5. The Labute approximate surface area is 178 Å². The minimum absolute atomic E-state index is 0.00402. The Bertz CT molecular complexity index is 546. The quantitative estimate of drug-likeness (QED) is 0.204. The lowest BCUT2D eigenvalue weighted by Crippen LogP contribution is -2.46. The molecule has 0 rings (SSSR count). The first-order valence-corrected chi connectivity index (χ1v) is 12.5. The van der Waals surface area contributed by atoms with Gasteiger partial charge >= 0.3 is 7.82 Å². The monoisotopic (exact) mass is 456 g/mol. The van der Waals surface area contributed by atoms with Crippen LogP contribution in [0.1, 0.15) is 47.5 Å². The molecular formula is C18H37N2O7PS. The molecule has 4 N–H and O–H groups in total. The number of aliphatic hydroxyl groups is 1. The maximum Gasteiger partial charge on any atom is 0.472 e. The van der Waals surface area contributed by atoms with E-state index in [1.165, 1.54) is 13.8 Å². The van der Waals surface area contributed by atoms with Crippen LogP contribution in [0.5, 0.6) is 0 Å². The Morgan fingerprint density at radius 2 is 1.79 bits per heavy atom. The van der Waals surface area contributed by atoms with Gasteiger partial charge < -0.3 is 20.6 Å². The van der Waals surface area contributed by atoms with Gasteiger partial charge in [0.05, 0.1) is 13.2 Å². The second kappa shape index (κ2) is 14.4. The van der Waals surface area contributed by atoms with Crippen LogP contribution >= 0.6 is 19.6 Å². The third-order valence-corrected chi connectivity index (χ3v) is 6.00. The minimum Gasteiger partial charge on any atom is -0.383 e. The molecule has 0 aliphatic heterocycles. The van der Waals surface area contributed by atoms with E-state index in [9.17, 15) is 24.2 Å². The highest BCUT2D eigenvalue weighted by molar-refractivity contribution is 7.99. The second-order valence-corrected chi connectivity index (χ2v) is 10.4. The van der Waals surface area contributed by atoms with Crippen molar-refractivity contribution in [2.24, 2.45) is 11.3 Å². The number of hydrogen-bond donors (Lipinski definition) is 4. The van der Waals surface area contributed by atoms with E-state index >= 15 is 0 Å². The van der Waals surface area contributed by atoms with Crippen molar-refractivity contribution in [2.45, 2.75) is 53.6 Å². The highest BCUT2D eigenvalue weighted by Crippen LogP contribution is 2.44. The summed E-state index contributed by atoms with van der Waals surface area (Å²) in [6.07, 6.45) is -0.234. The van der Waals surface area contributed by atoms with Crippen molar-refractivity contribution in [3.05, 3.63) is 0 Å². The van der Waals surface area contributed by atoms with Crippen LogP contribution < -0.4 is 10.6 Å². The van der Waals surface area contributed by atoms with Crippen molar-refractivity contribution in [1.29, 1.82) is 0 Å². The summed E-state index contributed by atoms with van der Waals surface area (Å²) < 4.78 is 21.0. The smallest absolute Gasteiger partial charge is 0.383 e. The number of phosphoric ester groups is 1. The second-order valence-electron chi connectivity index (χ2n) is 7.74. The van der Waals surface area contributed by atoms with E-state index in [1.807, 2.05) is 0 Å². The summed E-state index contributed by atoms with van der Waals surface area (Å²) in [7, 11) is -4.21. The molecule has 9 nitrogen and oxygen atoms in total. The van der Waals surface area contributed by atoms with Crippen molar-refractivity contribution in [2.75, 3.05) is 37.8 Å². The molecule has 29 heavy (non-hydrogen) atoms. The maximum absolute atomic E-state index is 12.1. The fourth-order valence-corrected chi connectivity index (χ4v) is 4.04. The number of thioether (sulfide) groups is 1. The van der Waals surface area contributed by atoms with E-state index in [4.69, 9.17) is 4.52 Å². The third kappa shape index (κ3) is 14.1. The van der Waals surface area contributed by atoms with Crippen LogP contribution in [0.25, 0.3) is 0 Å². The summed E-state index contributed by atoms with van der Waals surface area (Å²) in [5.74, 6) is 1.72. The van der Waals surface area contributed by atoms with Crippen LogP contribution in [0.2, 0.25) is 0 Å². The van der Waals surface area contributed by atoms with Gasteiger partial charge in [-0.2, -0.15) is 11.8 Å². The molecule has 0 heterocycles. The lowest BCUT2D eigenvalue weighted by Gasteiger charge is -2.29. The van der Waals surface area contributed by atoms with Crippen LogP contribution in [-0.2, 0) is 23.2 Å². The molecule has 2 atom stereocenters. The first-order chi connectivity index (χ1) is 13.4. The fraction of sp³-hybridized carbons (Fsp3) is 0.889. The van der Waals surface area contributed by atoms with Gasteiger partial charge in [0, 0.05) is 30.7 Å². The lowest BCUT2D eigenvalue weighted by atomic mass is 9.87. The average molecular weight is 457 g/mol. The molecule has 0 spiro atoms.